The molecule has 0 amide bonds. The monoisotopic (exact) mass is 235 g/mol. The number of aryl methyl sites for hydroxylation is 1. The van der Waals surface area contributed by atoms with Gasteiger partial charge in [0.25, 0.3) is 0 Å². The molecule has 0 aliphatic heterocycles. The molecule has 1 aliphatic carbocycles. The molecule has 0 saturated heterocycles. The number of hydrogen-bond acceptors (Lipinski definition) is 4. The van der Waals surface area contributed by atoms with Gasteiger partial charge in [0.1, 0.15) is 0 Å². The molecule has 0 fully saturated rings. The van der Waals surface area contributed by atoms with Crippen LogP contribution in [0.4, 0.5) is 5.95 Å². The predicted molar refractivity (Wildman–Crippen MR) is 64.6 cm³/mol. The average Bonchev–Trinajstić information content (AvgIpc) is 2.77. The fraction of sp³-hybridized carbons (Fsp3) is 0.583. The largest absolute Gasteiger partial charge is 0.476 e. The molecule has 0 saturated carbocycles. The molecule has 0 unspecified atom stereocenters. The smallest absolute Gasteiger partial charge is 0.354 e. The zero-order valence-corrected chi connectivity index (χ0v) is 10.2. The lowest BCUT2D eigenvalue weighted by Crippen LogP contribution is -2.26. The van der Waals surface area contributed by atoms with E-state index in [2.05, 4.69) is 9.97 Å². The topological polar surface area (TPSA) is 66.3 Å². The van der Waals surface area contributed by atoms with E-state index in [0.29, 0.717) is 5.95 Å². The molecule has 1 aliphatic rings. The third-order valence-electron chi connectivity index (χ3n) is 3.17. The number of anilines is 1. The SMILES string of the molecule is CCN(CC)c1nc2c(c(C(=O)O)n1)CCC2. The van der Waals surface area contributed by atoms with Gasteiger partial charge in [0.05, 0.1) is 5.69 Å². The molecule has 0 bridgehead atoms. The molecule has 2 rings (SSSR count). The van der Waals surface area contributed by atoms with Crippen LogP contribution in [0.25, 0.3) is 0 Å². The molecule has 1 aromatic rings. The molecule has 0 radical (unpaired) electrons. The van der Waals surface area contributed by atoms with Crippen molar-refractivity contribution in [1.29, 1.82) is 0 Å². The van der Waals surface area contributed by atoms with Gasteiger partial charge >= 0.3 is 5.97 Å². The predicted octanol–water partition coefficient (Wildman–Crippen LogP) is 1.51. The summed E-state index contributed by atoms with van der Waals surface area (Å²) in [6.07, 6.45) is 2.63. The van der Waals surface area contributed by atoms with E-state index in [0.717, 1.165) is 43.6 Å². The number of aromatic carboxylic acids is 1. The van der Waals surface area contributed by atoms with Crippen LogP contribution in [-0.4, -0.2) is 34.1 Å². The summed E-state index contributed by atoms with van der Waals surface area (Å²) in [6, 6.07) is 0. The summed E-state index contributed by atoms with van der Waals surface area (Å²) in [7, 11) is 0. The number of hydrogen-bond donors (Lipinski definition) is 1. The first-order chi connectivity index (χ1) is 8.17. The highest BCUT2D eigenvalue weighted by Gasteiger charge is 2.24. The summed E-state index contributed by atoms with van der Waals surface area (Å²) in [5.74, 6) is -0.396. The van der Waals surface area contributed by atoms with Gasteiger partial charge in [-0.3, -0.25) is 0 Å². The van der Waals surface area contributed by atoms with Gasteiger partial charge in [-0.1, -0.05) is 0 Å². The number of nitrogens with zero attached hydrogens (tertiary/aromatic N) is 3. The van der Waals surface area contributed by atoms with Gasteiger partial charge < -0.3 is 10.0 Å². The molecule has 1 N–H and O–H groups in total. The standard InChI is InChI=1S/C12H17N3O2/c1-3-15(4-2)12-13-9-7-5-6-8(9)10(14-12)11(16)17/h3-7H2,1-2H3,(H,16,17). The van der Waals surface area contributed by atoms with Crippen molar-refractivity contribution in [2.75, 3.05) is 18.0 Å². The second-order valence-corrected chi connectivity index (χ2v) is 4.13. The van der Waals surface area contributed by atoms with Gasteiger partial charge in [-0.05, 0) is 33.1 Å². The molecular formula is C12H17N3O2. The van der Waals surface area contributed by atoms with E-state index >= 15 is 0 Å². The number of aromatic nitrogens is 2. The summed E-state index contributed by atoms with van der Waals surface area (Å²) in [4.78, 5) is 21.9. The van der Waals surface area contributed by atoms with Crippen LogP contribution in [0.2, 0.25) is 0 Å². The summed E-state index contributed by atoms with van der Waals surface area (Å²) >= 11 is 0. The van der Waals surface area contributed by atoms with Gasteiger partial charge in [0.2, 0.25) is 5.95 Å². The second kappa shape index (κ2) is 4.69. The molecule has 0 aromatic carbocycles. The van der Waals surface area contributed by atoms with Crippen molar-refractivity contribution in [1.82, 2.24) is 9.97 Å². The second-order valence-electron chi connectivity index (χ2n) is 4.13. The maximum Gasteiger partial charge on any atom is 0.354 e. The molecule has 5 nitrogen and oxygen atoms in total. The number of carbonyl (C=O) groups is 1. The van der Waals surface area contributed by atoms with Crippen LogP contribution in [0.15, 0.2) is 0 Å². The van der Waals surface area contributed by atoms with Crippen LogP contribution in [0, 0.1) is 0 Å². The van der Waals surface area contributed by atoms with Crippen molar-refractivity contribution in [3.63, 3.8) is 0 Å². The molecule has 0 spiro atoms. The Bertz CT molecular complexity index is 442. The first kappa shape index (κ1) is 11.8. The van der Waals surface area contributed by atoms with Crippen molar-refractivity contribution in [2.45, 2.75) is 33.1 Å². The summed E-state index contributed by atoms with van der Waals surface area (Å²) < 4.78 is 0. The number of rotatable bonds is 4. The minimum Gasteiger partial charge on any atom is -0.476 e. The lowest BCUT2D eigenvalue weighted by atomic mass is 10.2. The Morgan fingerprint density at radius 1 is 1.29 bits per heavy atom. The van der Waals surface area contributed by atoms with E-state index in [1.807, 2.05) is 18.7 Å². The zero-order valence-electron chi connectivity index (χ0n) is 10.2. The van der Waals surface area contributed by atoms with Crippen molar-refractivity contribution in [3.8, 4) is 0 Å². The van der Waals surface area contributed by atoms with Gasteiger partial charge in [0.15, 0.2) is 5.69 Å². The van der Waals surface area contributed by atoms with Crippen LogP contribution < -0.4 is 4.90 Å². The van der Waals surface area contributed by atoms with E-state index in [4.69, 9.17) is 0 Å². The molecule has 0 atom stereocenters. The molecule has 1 heterocycles. The fourth-order valence-corrected chi connectivity index (χ4v) is 2.24. The van der Waals surface area contributed by atoms with E-state index in [1.54, 1.807) is 0 Å². The molecule has 1 aromatic heterocycles. The van der Waals surface area contributed by atoms with Gasteiger partial charge in [0, 0.05) is 18.7 Å². The summed E-state index contributed by atoms with van der Waals surface area (Å²) in [5.41, 5.74) is 1.93. The van der Waals surface area contributed by atoms with Gasteiger partial charge in [-0.2, -0.15) is 0 Å². The Hall–Kier alpha value is -1.65. The van der Waals surface area contributed by atoms with Crippen molar-refractivity contribution in [3.05, 3.63) is 17.0 Å². The highest BCUT2D eigenvalue weighted by molar-refractivity contribution is 5.88. The summed E-state index contributed by atoms with van der Waals surface area (Å²) in [5, 5.41) is 9.19. The minimum atomic E-state index is -0.945. The Balaban J connectivity index is 2.49. The highest BCUT2D eigenvalue weighted by Crippen LogP contribution is 2.25. The quantitative estimate of drug-likeness (QED) is 0.856. The van der Waals surface area contributed by atoms with E-state index in [9.17, 15) is 9.90 Å². The van der Waals surface area contributed by atoms with Crippen LogP contribution in [0.5, 0.6) is 0 Å². The van der Waals surface area contributed by atoms with E-state index in [1.165, 1.54) is 0 Å². The number of carboxylic acid groups (broad SMARTS) is 1. The van der Waals surface area contributed by atoms with Crippen LogP contribution >= 0.6 is 0 Å². The lowest BCUT2D eigenvalue weighted by Gasteiger charge is -2.19. The number of fused-ring (bicyclic) bond motifs is 1. The van der Waals surface area contributed by atoms with E-state index in [-0.39, 0.29) is 5.69 Å². The number of carboxylic acids is 1. The average molecular weight is 235 g/mol. The molecule has 5 heteroatoms. The lowest BCUT2D eigenvalue weighted by molar-refractivity contribution is 0.0689. The third-order valence-corrected chi connectivity index (χ3v) is 3.17. The first-order valence-corrected chi connectivity index (χ1v) is 6.05. The summed E-state index contributed by atoms with van der Waals surface area (Å²) in [6.45, 7) is 5.60. The van der Waals surface area contributed by atoms with Gasteiger partial charge in [-0.15, -0.1) is 0 Å². The van der Waals surface area contributed by atoms with Crippen molar-refractivity contribution >= 4 is 11.9 Å². The Kier molecular flexibility index (Phi) is 3.26. The molecular weight excluding hydrogens is 218 g/mol. The van der Waals surface area contributed by atoms with Crippen LogP contribution in [0.1, 0.15) is 42.0 Å². The Morgan fingerprint density at radius 3 is 2.59 bits per heavy atom. The normalized spacial score (nSPS) is 13.5. The Morgan fingerprint density at radius 2 is 2.00 bits per heavy atom. The fourth-order valence-electron chi connectivity index (χ4n) is 2.24. The third kappa shape index (κ3) is 2.09. The maximum atomic E-state index is 11.2. The van der Waals surface area contributed by atoms with Crippen LogP contribution in [0.3, 0.4) is 0 Å². The molecule has 92 valence electrons. The maximum absolute atomic E-state index is 11.2. The van der Waals surface area contributed by atoms with E-state index < -0.39 is 5.97 Å². The van der Waals surface area contributed by atoms with Crippen molar-refractivity contribution in [2.24, 2.45) is 0 Å². The first-order valence-electron chi connectivity index (χ1n) is 6.05. The minimum absolute atomic E-state index is 0.189. The molecule has 17 heavy (non-hydrogen) atoms. The van der Waals surface area contributed by atoms with Crippen LogP contribution in [-0.2, 0) is 12.8 Å². The van der Waals surface area contributed by atoms with Gasteiger partial charge in [-0.25, -0.2) is 14.8 Å². The highest BCUT2D eigenvalue weighted by atomic mass is 16.4. The zero-order chi connectivity index (χ0) is 12.4. The van der Waals surface area contributed by atoms with Crippen molar-refractivity contribution < 1.29 is 9.90 Å². The Labute approximate surface area is 100 Å².